The van der Waals surface area contributed by atoms with Crippen LogP contribution in [0.15, 0.2) is 23.0 Å². The fourth-order valence-corrected chi connectivity index (χ4v) is 5.42. The van der Waals surface area contributed by atoms with Crippen molar-refractivity contribution in [3.05, 3.63) is 50.9 Å². The van der Waals surface area contributed by atoms with Crippen LogP contribution in [0.4, 0.5) is 26.3 Å². The lowest BCUT2D eigenvalue weighted by atomic mass is 9.70. The maximum atomic E-state index is 13.6. The molecule has 1 aromatic heterocycles. The molecule has 2 bridgehead atoms. The topological polar surface area (TPSA) is 26.9 Å². The SMILES string of the molecule is Cn1c2c(c(=O)n1-c1cc(C(F)(F)F)ccc1C(F)(F)F)C1CCC2(C)C1(C)C. The number of hydrogen-bond acceptors (Lipinski definition) is 1. The number of hydrogen-bond donors (Lipinski definition) is 0. The van der Waals surface area contributed by atoms with Gasteiger partial charge in [0, 0.05) is 18.0 Å². The Morgan fingerprint density at radius 2 is 1.66 bits per heavy atom. The summed E-state index contributed by atoms with van der Waals surface area (Å²) in [5.41, 5.74) is -3.62. The molecule has 2 aromatic rings. The van der Waals surface area contributed by atoms with Gasteiger partial charge in [-0.3, -0.25) is 9.48 Å². The molecule has 2 aliphatic carbocycles. The van der Waals surface area contributed by atoms with E-state index in [1.165, 1.54) is 11.7 Å². The molecule has 1 fully saturated rings. The third kappa shape index (κ3) is 2.42. The van der Waals surface area contributed by atoms with Gasteiger partial charge >= 0.3 is 12.4 Å². The first-order chi connectivity index (χ1) is 13.1. The quantitative estimate of drug-likeness (QED) is 0.571. The highest BCUT2D eigenvalue weighted by Gasteiger charge is 2.62. The predicted octanol–water partition coefficient (Wildman–Crippen LogP) is 5.39. The molecule has 3 nitrogen and oxygen atoms in total. The number of rotatable bonds is 1. The van der Waals surface area contributed by atoms with Crippen LogP contribution in [0.3, 0.4) is 0 Å². The van der Waals surface area contributed by atoms with Crippen molar-refractivity contribution in [1.29, 1.82) is 0 Å². The Bertz CT molecular complexity index is 1070. The first-order valence-electron chi connectivity index (χ1n) is 9.23. The van der Waals surface area contributed by atoms with E-state index in [0.717, 1.165) is 17.5 Å². The second kappa shape index (κ2) is 5.49. The Kier molecular flexibility index (Phi) is 3.80. The molecule has 4 rings (SSSR count). The maximum Gasteiger partial charge on any atom is 0.418 e. The van der Waals surface area contributed by atoms with E-state index in [1.807, 2.05) is 20.8 Å². The average Bonchev–Trinajstić information content (AvgIpc) is 3.04. The number of alkyl halides is 6. The van der Waals surface area contributed by atoms with Crippen molar-refractivity contribution in [2.45, 2.75) is 57.3 Å². The maximum absolute atomic E-state index is 13.6. The van der Waals surface area contributed by atoms with Crippen LogP contribution in [-0.2, 0) is 24.8 Å². The lowest BCUT2D eigenvalue weighted by Gasteiger charge is -2.36. The molecule has 2 unspecified atom stereocenters. The summed E-state index contributed by atoms with van der Waals surface area (Å²) in [5.74, 6) is -0.136. The number of aromatic nitrogens is 2. The summed E-state index contributed by atoms with van der Waals surface area (Å²) >= 11 is 0. The van der Waals surface area contributed by atoms with Gasteiger partial charge in [0.1, 0.15) is 0 Å². The molecule has 0 spiro atoms. The molecule has 1 saturated carbocycles. The molecule has 2 aliphatic rings. The molecule has 0 amide bonds. The van der Waals surface area contributed by atoms with E-state index >= 15 is 0 Å². The van der Waals surface area contributed by atoms with Gasteiger partial charge in [0.05, 0.1) is 22.5 Å². The summed E-state index contributed by atoms with van der Waals surface area (Å²) in [7, 11) is 1.45. The molecule has 1 heterocycles. The summed E-state index contributed by atoms with van der Waals surface area (Å²) in [6, 6.07) is 1.19. The van der Waals surface area contributed by atoms with Gasteiger partial charge in [-0.05, 0) is 42.4 Å². The number of halogens is 6. The highest BCUT2D eigenvalue weighted by atomic mass is 19.4. The van der Waals surface area contributed by atoms with Gasteiger partial charge in [-0.25, -0.2) is 4.68 Å². The molecule has 0 radical (unpaired) electrons. The summed E-state index contributed by atoms with van der Waals surface area (Å²) in [4.78, 5) is 13.2. The van der Waals surface area contributed by atoms with E-state index in [4.69, 9.17) is 0 Å². The Balaban J connectivity index is 2.05. The van der Waals surface area contributed by atoms with Crippen LogP contribution < -0.4 is 5.56 Å². The number of benzene rings is 1. The molecule has 158 valence electrons. The van der Waals surface area contributed by atoms with Crippen molar-refractivity contribution >= 4 is 0 Å². The summed E-state index contributed by atoms with van der Waals surface area (Å²) in [6.45, 7) is 6.03. The molecule has 0 N–H and O–H groups in total. The molecule has 1 aromatic carbocycles. The highest BCUT2D eigenvalue weighted by Crippen LogP contribution is 2.67. The van der Waals surface area contributed by atoms with Crippen molar-refractivity contribution < 1.29 is 26.3 Å². The minimum Gasteiger partial charge on any atom is -0.284 e. The molecule has 0 saturated heterocycles. The van der Waals surface area contributed by atoms with E-state index in [2.05, 4.69) is 0 Å². The van der Waals surface area contributed by atoms with E-state index in [-0.39, 0.29) is 11.3 Å². The predicted molar refractivity (Wildman–Crippen MR) is 94.1 cm³/mol. The minimum absolute atomic E-state index is 0.136. The van der Waals surface area contributed by atoms with Gasteiger partial charge in [0.2, 0.25) is 0 Å². The van der Waals surface area contributed by atoms with Gasteiger partial charge in [0.25, 0.3) is 5.56 Å². The molecule has 9 heteroatoms. The number of fused-ring (bicyclic) bond motifs is 5. The monoisotopic (exact) mass is 418 g/mol. The summed E-state index contributed by atoms with van der Waals surface area (Å²) < 4.78 is 82.4. The zero-order valence-corrected chi connectivity index (χ0v) is 16.3. The van der Waals surface area contributed by atoms with Crippen LogP contribution in [0.25, 0.3) is 5.69 Å². The lowest BCUT2D eigenvalue weighted by Crippen LogP contribution is -2.35. The van der Waals surface area contributed by atoms with E-state index in [9.17, 15) is 31.1 Å². The smallest absolute Gasteiger partial charge is 0.284 e. The Labute approximate surface area is 162 Å². The van der Waals surface area contributed by atoms with Crippen LogP contribution in [0, 0.1) is 5.41 Å². The van der Waals surface area contributed by atoms with E-state index in [1.54, 1.807) is 0 Å². The minimum atomic E-state index is -4.91. The van der Waals surface area contributed by atoms with Crippen LogP contribution in [0.5, 0.6) is 0 Å². The Morgan fingerprint density at radius 1 is 1.03 bits per heavy atom. The zero-order chi connectivity index (χ0) is 21.7. The highest BCUT2D eigenvalue weighted by molar-refractivity contribution is 5.51. The van der Waals surface area contributed by atoms with Crippen molar-refractivity contribution in [2.75, 3.05) is 0 Å². The van der Waals surface area contributed by atoms with Gasteiger partial charge in [-0.15, -0.1) is 0 Å². The molecule has 29 heavy (non-hydrogen) atoms. The van der Waals surface area contributed by atoms with Crippen LogP contribution >= 0.6 is 0 Å². The summed E-state index contributed by atoms with van der Waals surface area (Å²) in [5, 5.41) is 0. The Hall–Kier alpha value is -2.19. The van der Waals surface area contributed by atoms with Crippen molar-refractivity contribution in [2.24, 2.45) is 12.5 Å². The van der Waals surface area contributed by atoms with Crippen LogP contribution in [0.1, 0.15) is 61.9 Å². The lowest BCUT2D eigenvalue weighted by molar-refractivity contribution is -0.141. The second-order valence-corrected chi connectivity index (χ2v) is 8.78. The fraction of sp³-hybridized carbons (Fsp3) is 0.550. The molecule has 2 atom stereocenters. The van der Waals surface area contributed by atoms with Gasteiger partial charge in [-0.2, -0.15) is 26.3 Å². The van der Waals surface area contributed by atoms with E-state index in [0.29, 0.717) is 29.5 Å². The van der Waals surface area contributed by atoms with Crippen LogP contribution in [0.2, 0.25) is 0 Å². The molecule has 0 aliphatic heterocycles. The first-order valence-corrected chi connectivity index (χ1v) is 9.23. The zero-order valence-electron chi connectivity index (χ0n) is 16.3. The second-order valence-electron chi connectivity index (χ2n) is 8.78. The average molecular weight is 418 g/mol. The molecular formula is C20H20F6N2O. The van der Waals surface area contributed by atoms with Crippen LogP contribution in [-0.4, -0.2) is 9.36 Å². The third-order valence-electron chi connectivity index (χ3n) is 7.26. The Morgan fingerprint density at radius 3 is 2.17 bits per heavy atom. The standard InChI is InChI=1S/C20H20F6N2O/c1-17(2)12-7-8-18(17,3)15-14(12)16(29)28(27(15)4)13-9-10(19(21,22)23)5-6-11(13)20(24,25)26/h5-6,9,12H,7-8H2,1-4H3. The first kappa shape index (κ1) is 20.1. The van der Waals surface area contributed by atoms with Crippen molar-refractivity contribution in [3.63, 3.8) is 0 Å². The molecular weight excluding hydrogens is 398 g/mol. The van der Waals surface area contributed by atoms with Crippen molar-refractivity contribution in [1.82, 2.24) is 9.36 Å². The number of nitrogens with zero attached hydrogens (tertiary/aromatic N) is 2. The van der Waals surface area contributed by atoms with Gasteiger partial charge in [-0.1, -0.05) is 20.8 Å². The summed E-state index contributed by atoms with van der Waals surface area (Å²) in [6.07, 6.45) is -8.24. The van der Waals surface area contributed by atoms with Gasteiger partial charge in [0.15, 0.2) is 0 Å². The normalized spacial score (nSPS) is 25.5. The third-order valence-corrected chi connectivity index (χ3v) is 7.26. The fourth-order valence-electron chi connectivity index (χ4n) is 5.42. The van der Waals surface area contributed by atoms with Crippen molar-refractivity contribution in [3.8, 4) is 5.69 Å². The largest absolute Gasteiger partial charge is 0.418 e. The van der Waals surface area contributed by atoms with E-state index < -0.39 is 40.1 Å². The van der Waals surface area contributed by atoms with Gasteiger partial charge < -0.3 is 0 Å².